The molecule has 0 unspecified atom stereocenters. The van der Waals surface area contributed by atoms with E-state index in [0.717, 1.165) is 10.4 Å². The van der Waals surface area contributed by atoms with E-state index >= 15 is 0 Å². The number of anilines is 1. The van der Waals surface area contributed by atoms with E-state index in [0.29, 0.717) is 33.2 Å². The van der Waals surface area contributed by atoms with Crippen molar-refractivity contribution in [2.24, 2.45) is 0 Å². The predicted molar refractivity (Wildman–Crippen MR) is 130 cm³/mol. The highest BCUT2D eigenvalue weighted by Crippen LogP contribution is 2.32. The molecule has 6 nitrogen and oxygen atoms in total. The lowest BCUT2D eigenvalue weighted by molar-refractivity contribution is -0.113. The molecule has 0 fully saturated rings. The summed E-state index contributed by atoms with van der Waals surface area (Å²) in [7, 11) is 0. The Kier molecular flexibility index (Phi) is 6.50. The molecule has 2 aromatic heterocycles. The van der Waals surface area contributed by atoms with Crippen molar-refractivity contribution in [3.05, 3.63) is 89.2 Å². The maximum absolute atomic E-state index is 13.1. The topological polar surface area (TPSA) is 87.8 Å². The van der Waals surface area contributed by atoms with Gasteiger partial charge in [-0.1, -0.05) is 48.2 Å². The van der Waals surface area contributed by atoms with Crippen LogP contribution >= 0.6 is 23.1 Å². The van der Waals surface area contributed by atoms with Gasteiger partial charge in [-0.2, -0.15) is 5.26 Å². The minimum Gasteiger partial charge on any atom is -0.325 e. The number of thiophene rings is 1. The van der Waals surface area contributed by atoms with Crippen molar-refractivity contribution in [1.29, 1.82) is 5.26 Å². The van der Waals surface area contributed by atoms with Crippen molar-refractivity contribution < 1.29 is 4.79 Å². The number of aromatic nitrogens is 2. The number of carbonyl (C=O) groups is 1. The average Bonchev–Trinajstić information content (AvgIpc) is 3.25. The molecule has 2 aromatic carbocycles. The van der Waals surface area contributed by atoms with Crippen molar-refractivity contribution in [1.82, 2.24) is 9.55 Å². The fourth-order valence-corrected chi connectivity index (χ4v) is 4.98. The van der Waals surface area contributed by atoms with E-state index in [9.17, 15) is 9.59 Å². The molecule has 0 aliphatic carbocycles. The number of nitrogens with one attached hydrogen (secondary N) is 1. The highest BCUT2D eigenvalue weighted by atomic mass is 32.2. The summed E-state index contributed by atoms with van der Waals surface area (Å²) in [6, 6.07) is 20.4. The zero-order valence-electron chi connectivity index (χ0n) is 16.9. The van der Waals surface area contributed by atoms with E-state index in [1.807, 2.05) is 42.5 Å². The normalized spacial score (nSPS) is 10.6. The average molecular weight is 459 g/mol. The third-order valence-corrected chi connectivity index (χ3v) is 6.67. The lowest BCUT2D eigenvalue weighted by Gasteiger charge is -2.10. The molecule has 2 heterocycles. The van der Waals surface area contributed by atoms with Crippen LogP contribution in [0.15, 0.2) is 83.3 Å². The molecule has 0 saturated carbocycles. The number of carbonyl (C=O) groups excluding carboxylic acids is 1. The summed E-state index contributed by atoms with van der Waals surface area (Å²) >= 11 is 2.66. The Hall–Kier alpha value is -3.67. The van der Waals surface area contributed by atoms with Crippen LogP contribution in [0.1, 0.15) is 5.56 Å². The molecule has 4 rings (SSSR count). The molecule has 0 radical (unpaired) electrons. The molecule has 0 aliphatic heterocycles. The first-order valence-electron chi connectivity index (χ1n) is 9.72. The van der Waals surface area contributed by atoms with Gasteiger partial charge in [0, 0.05) is 17.1 Å². The van der Waals surface area contributed by atoms with Crippen LogP contribution in [-0.4, -0.2) is 21.2 Å². The Morgan fingerprint density at radius 2 is 1.97 bits per heavy atom. The Bertz CT molecular complexity index is 1380. The first-order valence-corrected chi connectivity index (χ1v) is 11.5. The molecule has 1 N–H and O–H groups in total. The van der Waals surface area contributed by atoms with Crippen molar-refractivity contribution in [3.8, 4) is 16.5 Å². The Morgan fingerprint density at radius 3 is 2.66 bits per heavy atom. The molecule has 0 bridgehead atoms. The van der Waals surface area contributed by atoms with Gasteiger partial charge in [-0.25, -0.2) is 4.98 Å². The molecule has 4 aromatic rings. The molecular weight excluding hydrogens is 440 g/mol. The maximum Gasteiger partial charge on any atom is 0.263 e. The fraction of sp³-hybridized carbons (Fsp3) is 0.0833. The van der Waals surface area contributed by atoms with Crippen LogP contribution in [0.2, 0.25) is 0 Å². The number of benzene rings is 2. The van der Waals surface area contributed by atoms with Crippen molar-refractivity contribution in [2.45, 2.75) is 11.7 Å². The second-order valence-corrected chi connectivity index (χ2v) is 8.79. The number of hydrogen-bond acceptors (Lipinski definition) is 6. The van der Waals surface area contributed by atoms with E-state index < -0.39 is 0 Å². The van der Waals surface area contributed by atoms with Gasteiger partial charge in [0.15, 0.2) is 5.16 Å². The minimum absolute atomic E-state index is 0.0893. The summed E-state index contributed by atoms with van der Waals surface area (Å²) < 4.78 is 1.54. The molecular formula is C24H18N4O2S2. The quantitative estimate of drug-likeness (QED) is 0.241. The zero-order valence-corrected chi connectivity index (χ0v) is 18.6. The van der Waals surface area contributed by atoms with Gasteiger partial charge in [-0.15, -0.1) is 17.9 Å². The number of nitriles is 1. The zero-order chi connectivity index (χ0) is 22.5. The van der Waals surface area contributed by atoms with Gasteiger partial charge >= 0.3 is 0 Å². The van der Waals surface area contributed by atoms with E-state index in [1.165, 1.54) is 27.7 Å². The molecule has 0 spiro atoms. The molecule has 0 aliphatic rings. The second kappa shape index (κ2) is 9.64. The predicted octanol–water partition coefficient (Wildman–Crippen LogP) is 4.91. The summed E-state index contributed by atoms with van der Waals surface area (Å²) in [5.41, 5.74) is 2.01. The largest absolute Gasteiger partial charge is 0.325 e. The van der Waals surface area contributed by atoms with Crippen LogP contribution in [0.5, 0.6) is 0 Å². The maximum atomic E-state index is 13.1. The van der Waals surface area contributed by atoms with E-state index in [1.54, 1.807) is 30.3 Å². The third kappa shape index (κ3) is 4.64. The van der Waals surface area contributed by atoms with Crippen LogP contribution in [0, 0.1) is 11.3 Å². The molecule has 1 amide bonds. The van der Waals surface area contributed by atoms with Crippen molar-refractivity contribution >= 4 is 44.9 Å². The molecule has 0 atom stereocenters. The summed E-state index contributed by atoms with van der Waals surface area (Å²) in [6.45, 7) is 4.04. The lowest BCUT2D eigenvalue weighted by atomic mass is 10.2. The van der Waals surface area contributed by atoms with E-state index in [4.69, 9.17) is 5.26 Å². The molecule has 158 valence electrons. The standard InChI is InChI=1S/C24H18N4O2S2/c1-2-12-28-23(30)19-13-20(17-6-4-3-5-7-17)32-22(19)27-24(28)31-15-21(29)26-18-10-8-16(14-25)9-11-18/h2-11,13H,1,12,15H2,(H,26,29). The number of allylic oxidation sites excluding steroid dienone is 1. The highest BCUT2D eigenvalue weighted by molar-refractivity contribution is 7.99. The van der Waals surface area contributed by atoms with Crippen LogP contribution in [0.4, 0.5) is 5.69 Å². The fourth-order valence-electron chi connectivity index (χ4n) is 3.10. The number of nitrogens with zero attached hydrogens (tertiary/aromatic N) is 3. The van der Waals surface area contributed by atoms with E-state index in [2.05, 4.69) is 16.9 Å². The lowest BCUT2D eigenvalue weighted by Crippen LogP contribution is -2.23. The van der Waals surface area contributed by atoms with Gasteiger partial charge in [0.1, 0.15) is 4.83 Å². The Labute approximate surface area is 192 Å². The number of thioether (sulfide) groups is 1. The monoisotopic (exact) mass is 458 g/mol. The molecule has 8 heteroatoms. The van der Waals surface area contributed by atoms with E-state index in [-0.39, 0.29) is 17.2 Å². The molecule has 0 saturated heterocycles. The SMILES string of the molecule is C=CCn1c(SCC(=O)Nc2ccc(C#N)cc2)nc2sc(-c3ccccc3)cc2c1=O. The van der Waals surface area contributed by atoms with Gasteiger partial charge in [-0.3, -0.25) is 14.2 Å². The summed E-state index contributed by atoms with van der Waals surface area (Å²) in [5, 5.41) is 12.7. The first kappa shape index (κ1) is 21.6. The third-order valence-electron chi connectivity index (χ3n) is 4.62. The Morgan fingerprint density at radius 1 is 1.22 bits per heavy atom. The van der Waals surface area contributed by atoms with Crippen LogP contribution in [-0.2, 0) is 11.3 Å². The van der Waals surface area contributed by atoms with Gasteiger partial charge in [0.25, 0.3) is 5.56 Å². The highest BCUT2D eigenvalue weighted by Gasteiger charge is 2.16. The number of fused-ring (bicyclic) bond motifs is 1. The Balaban J connectivity index is 1.58. The smallest absolute Gasteiger partial charge is 0.263 e. The van der Waals surface area contributed by atoms with Crippen LogP contribution < -0.4 is 10.9 Å². The summed E-state index contributed by atoms with van der Waals surface area (Å²) in [5.74, 6) is -0.137. The van der Waals surface area contributed by atoms with Crippen molar-refractivity contribution in [3.63, 3.8) is 0 Å². The minimum atomic E-state index is -0.227. The van der Waals surface area contributed by atoms with Crippen LogP contribution in [0.3, 0.4) is 0 Å². The summed E-state index contributed by atoms with van der Waals surface area (Å²) in [4.78, 5) is 31.8. The van der Waals surface area contributed by atoms with Crippen LogP contribution in [0.25, 0.3) is 20.7 Å². The first-order chi connectivity index (χ1) is 15.6. The van der Waals surface area contributed by atoms with Crippen molar-refractivity contribution in [2.75, 3.05) is 11.1 Å². The van der Waals surface area contributed by atoms with Gasteiger partial charge in [-0.05, 0) is 35.9 Å². The number of amides is 1. The number of hydrogen-bond donors (Lipinski definition) is 1. The van der Waals surface area contributed by atoms with Gasteiger partial charge in [0.2, 0.25) is 5.91 Å². The molecule has 32 heavy (non-hydrogen) atoms. The number of rotatable bonds is 7. The summed E-state index contributed by atoms with van der Waals surface area (Å²) in [6.07, 6.45) is 1.64. The van der Waals surface area contributed by atoms with Gasteiger partial charge in [0.05, 0.1) is 22.8 Å². The second-order valence-electron chi connectivity index (χ2n) is 6.82. The van der Waals surface area contributed by atoms with Gasteiger partial charge < -0.3 is 5.32 Å².